The highest BCUT2D eigenvalue weighted by Crippen LogP contribution is 2.30. The molecule has 2 fully saturated rings. The van der Waals surface area contributed by atoms with Crippen LogP contribution in [-0.4, -0.2) is 33.1 Å². The predicted octanol–water partition coefficient (Wildman–Crippen LogP) is 1.33. The number of aliphatic hydroxyl groups is 1. The van der Waals surface area contributed by atoms with Gasteiger partial charge in [0.15, 0.2) is 0 Å². The Balaban J connectivity index is 1.40. The Hall–Kier alpha value is -1.20. The molecule has 0 spiro atoms. The maximum atomic E-state index is 12.3. The Bertz CT molecular complexity index is 604. The van der Waals surface area contributed by atoms with E-state index in [1.807, 2.05) is 6.07 Å². The number of fused-ring (bicyclic) bond motifs is 1. The summed E-state index contributed by atoms with van der Waals surface area (Å²) in [5, 5.41) is 17.9. The van der Waals surface area contributed by atoms with Crippen LogP contribution in [0.25, 0.3) is 0 Å². The zero-order valence-electron chi connectivity index (χ0n) is 13.0. The molecule has 3 aliphatic rings. The zero-order valence-corrected chi connectivity index (χ0v) is 13.0. The van der Waals surface area contributed by atoms with Gasteiger partial charge in [-0.2, -0.15) is 5.10 Å². The second-order valence-corrected chi connectivity index (χ2v) is 7.18. The maximum absolute atomic E-state index is 12.3. The lowest BCUT2D eigenvalue weighted by atomic mass is 9.85. The molecule has 1 heterocycles. The first-order valence-electron chi connectivity index (χ1n) is 8.76. The van der Waals surface area contributed by atoms with Gasteiger partial charge in [-0.15, -0.1) is 0 Å². The molecule has 3 aliphatic carbocycles. The second kappa shape index (κ2) is 5.78. The van der Waals surface area contributed by atoms with Crippen LogP contribution in [0.4, 0.5) is 0 Å². The molecular formula is C17H25N3O2. The van der Waals surface area contributed by atoms with Gasteiger partial charge in [-0.3, -0.25) is 4.79 Å². The average Bonchev–Trinajstić information content (AvgIpc) is 2.98. The van der Waals surface area contributed by atoms with Crippen molar-refractivity contribution in [3.63, 3.8) is 0 Å². The number of aryl methyl sites for hydroxylation is 2. The van der Waals surface area contributed by atoms with Crippen molar-refractivity contribution in [2.45, 2.75) is 82.0 Å². The molecule has 2 unspecified atom stereocenters. The Morgan fingerprint density at radius 2 is 1.95 bits per heavy atom. The molecule has 22 heavy (non-hydrogen) atoms. The van der Waals surface area contributed by atoms with Crippen molar-refractivity contribution in [1.82, 2.24) is 15.1 Å². The fourth-order valence-corrected chi connectivity index (χ4v) is 4.14. The third-order valence-electron chi connectivity index (χ3n) is 5.71. The average molecular weight is 303 g/mol. The van der Waals surface area contributed by atoms with Crippen LogP contribution in [0.3, 0.4) is 0 Å². The molecule has 0 aromatic carbocycles. The first-order chi connectivity index (χ1) is 10.7. The number of nitrogens with one attached hydrogen (secondary N) is 1. The van der Waals surface area contributed by atoms with Crippen molar-refractivity contribution in [1.29, 1.82) is 0 Å². The minimum absolute atomic E-state index is 0.0754. The van der Waals surface area contributed by atoms with Gasteiger partial charge in [0.05, 0.1) is 17.8 Å². The van der Waals surface area contributed by atoms with Crippen molar-refractivity contribution in [3.8, 4) is 0 Å². The first kappa shape index (κ1) is 14.4. The molecule has 0 bridgehead atoms. The SMILES string of the molecule is O=c1cc2c(nn1C1CCC(NC3CCC3O)CC1)CCC2. The van der Waals surface area contributed by atoms with Gasteiger partial charge < -0.3 is 10.4 Å². The Morgan fingerprint density at radius 3 is 2.64 bits per heavy atom. The Kier molecular flexibility index (Phi) is 3.78. The summed E-state index contributed by atoms with van der Waals surface area (Å²) in [4.78, 5) is 12.3. The topological polar surface area (TPSA) is 67.2 Å². The third-order valence-corrected chi connectivity index (χ3v) is 5.71. The standard InChI is InChI=1S/C17H25N3O2/c21-16-9-8-15(16)18-12-4-6-13(7-5-12)20-17(22)10-11-2-1-3-14(11)19-20/h10,12-13,15-16,18,21H,1-9H2. The molecule has 0 amide bonds. The maximum Gasteiger partial charge on any atom is 0.267 e. The Labute approximate surface area is 130 Å². The van der Waals surface area contributed by atoms with Gasteiger partial charge in [0.2, 0.25) is 0 Å². The fourth-order valence-electron chi connectivity index (χ4n) is 4.14. The molecule has 5 heteroatoms. The van der Waals surface area contributed by atoms with Crippen molar-refractivity contribution < 1.29 is 5.11 Å². The summed E-state index contributed by atoms with van der Waals surface area (Å²) in [7, 11) is 0. The number of hydrogen-bond donors (Lipinski definition) is 2. The van der Waals surface area contributed by atoms with Crippen molar-refractivity contribution in [3.05, 3.63) is 27.7 Å². The number of aromatic nitrogens is 2. The molecule has 5 nitrogen and oxygen atoms in total. The van der Waals surface area contributed by atoms with Gasteiger partial charge in [-0.1, -0.05) is 0 Å². The quantitative estimate of drug-likeness (QED) is 0.884. The van der Waals surface area contributed by atoms with Crippen LogP contribution in [0.2, 0.25) is 0 Å². The van der Waals surface area contributed by atoms with Crippen LogP contribution in [0.1, 0.15) is 62.2 Å². The highest BCUT2D eigenvalue weighted by Gasteiger charge is 2.32. The van der Waals surface area contributed by atoms with E-state index in [0.717, 1.165) is 69.0 Å². The lowest BCUT2D eigenvalue weighted by Gasteiger charge is -2.38. The molecule has 120 valence electrons. The van der Waals surface area contributed by atoms with Crippen molar-refractivity contribution >= 4 is 0 Å². The smallest absolute Gasteiger partial charge is 0.267 e. The third kappa shape index (κ3) is 2.61. The van der Waals surface area contributed by atoms with Crippen LogP contribution in [0, 0.1) is 0 Å². The normalized spacial score (nSPS) is 34.2. The summed E-state index contributed by atoms with van der Waals surface area (Å²) in [6, 6.07) is 2.84. The van der Waals surface area contributed by atoms with Gasteiger partial charge in [-0.25, -0.2) is 4.68 Å². The van der Waals surface area contributed by atoms with Crippen LogP contribution >= 0.6 is 0 Å². The van der Waals surface area contributed by atoms with E-state index in [-0.39, 0.29) is 17.7 Å². The summed E-state index contributed by atoms with van der Waals surface area (Å²) in [6.45, 7) is 0. The Morgan fingerprint density at radius 1 is 1.14 bits per heavy atom. The lowest BCUT2D eigenvalue weighted by Crippen LogP contribution is -2.52. The fraction of sp³-hybridized carbons (Fsp3) is 0.765. The van der Waals surface area contributed by atoms with E-state index < -0.39 is 0 Å². The van der Waals surface area contributed by atoms with Crippen molar-refractivity contribution in [2.75, 3.05) is 0 Å². The lowest BCUT2D eigenvalue weighted by molar-refractivity contribution is 0.0397. The molecule has 2 N–H and O–H groups in total. The van der Waals surface area contributed by atoms with Gasteiger partial charge in [0.1, 0.15) is 0 Å². The molecule has 4 rings (SSSR count). The summed E-state index contributed by atoms with van der Waals surface area (Å²) in [5.74, 6) is 0. The minimum atomic E-state index is -0.154. The molecular weight excluding hydrogens is 278 g/mol. The predicted molar refractivity (Wildman–Crippen MR) is 84.0 cm³/mol. The number of aliphatic hydroxyl groups excluding tert-OH is 1. The van der Waals surface area contributed by atoms with E-state index in [1.165, 1.54) is 0 Å². The van der Waals surface area contributed by atoms with Crippen molar-refractivity contribution in [2.24, 2.45) is 0 Å². The highest BCUT2D eigenvalue weighted by atomic mass is 16.3. The van der Waals surface area contributed by atoms with E-state index in [4.69, 9.17) is 0 Å². The monoisotopic (exact) mass is 303 g/mol. The van der Waals surface area contributed by atoms with E-state index in [2.05, 4.69) is 10.4 Å². The summed E-state index contributed by atoms with van der Waals surface area (Å²) in [5.41, 5.74) is 2.37. The number of nitrogens with zero attached hydrogens (tertiary/aromatic N) is 2. The van der Waals surface area contributed by atoms with Crippen LogP contribution in [-0.2, 0) is 12.8 Å². The largest absolute Gasteiger partial charge is 0.392 e. The summed E-state index contributed by atoms with van der Waals surface area (Å²) in [6.07, 6.45) is 9.18. The number of hydrogen-bond acceptors (Lipinski definition) is 4. The minimum Gasteiger partial charge on any atom is -0.392 e. The molecule has 2 saturated carbocycles. The summed E-state index contributed by atoms with van der Waals surface area (Å²) >= 11 is 0. The second-order valence-electron chi connectivity index (χ2n) is 7.18. The highest BCUT2D eigenvalue weighted by molar-refractivity contribution is 5.22. The van der Waals surface area contributed by atoms with Crippen LogP contribution in [0.15, 0.2) is 10.9 Å². The van der Waals surface area contributed by atoms with Gasteiger partial charge in [0.25, 0.3) is 5.56 Å². The van der Waals surface area contributed by atoms with E-state index in [1.54, 1.807) is 4.68 Å². The molecule has 2 atom stereocenters. The molecule has 1 aromatic heterocycles. The molecule has 0 radical (unpaired) electrons. The van der Waals surface area contributed by atoms with Gasteiger partial charge in [0, 0.05) is 18.2 Å². The molecule has 0 saturated heterocycles. The van der Waals surface area contributed by atoms with Crippen LogP contribution < -0.4 is 10.9 Å². The summed E-state index contributed by atoms with van der Waals surface area (Å²) < 4.78 is 1.75. The number of rotatable bonds is 3. The van der Waals surface area contributed by atoms with E-state index in [0.29, 0.717) is 12.1 Å². The van der Waals surface area contributed by atoms with Crippen LogP contribution in [0.5, 0.6) is 0 Å². The van der Waals surface area contributed by atoms with Gasteiger partial charge in [-0.05, 0) is 63.4 Å². The zero-order chi connectivity index (χ0) is 15.1. The van der Waals surface area contributed by atoms with Gasteiger partial charge >= 0.3 is 0 Å². The van der Waals surface area contributed by atoms with E-state index >= 15 is 0 Å². The first-order valence-corrected chi connectivity index (χ1v) is 8.76. The molecule has 1 aromatic rings. The van der Waals surface area contributed by atoms with E-state index in [9.17, 15) is 9.90 Å². The molecule has 0 aliphatic heterocycles.